The van der Waals surface area contributed by atoms with E-state index in [0.717, 1.165) is 6.26 Å². The van der Waals surface area contributed by atoms with Crippen LogP contribution < -0.4 is 5.73 Å². The zero-order valence-corrected chi connectivity index (χ0v) is 19.2. The molecule has 12 heteroatoms. The molecule has 0 saturated carbocycles. The van der Waals surface area contributed by atoms with Gasteiger partial charge in [0.1, 0.15) is 6.61 Å². The van der Waals surface area contributed by atoms with Crippen LogP contribution in [0.5, 0.6) is 0 Å². The minimum atomic E-state index is -3.46. The number of sulfone groups is 1. The molecule has 0 aliphatic heterocycles. The molecule has 2 rings (SSSR count). The predicted molar refractivity (Wildman–Crippen MR) is 121 cm³/mol. The fraction of sp³-hybridized carbons (Fsp3) is 0.273. The molecule has 182 valence electrons. The Morgan fingerprint density at radius 1 is 0.971 bits per heavy atom. The minimum Gasteiger partial charge on any atom is -0.462 e. The maximum absolute atomic E-state index is 13.1. The highest BCUT2D eigenvalue weighted by Crippen LogP contribution is 2.29. The van der Waals surface area contributed by atoms with E-state index in [0.29, 0.717) is 11.1 Å². The van der Waals surface area contributed by atoms with Gasteiger partial charge >= 0.3 is 11.9 Å². The summed E-state index contributed by atoms with van der Waals surface area (Å²) in [6.07, 6.45) is 1.15. The first-order chi connectivity index (χ1) is 16.1. The molecule has 2 aromatic carbocycles. The zero-order valence-electron chi connectivity index (χ0n) is 18.3. The van der Waals surface area contributed by atoms with Crippen molar-refractivity contribution in [3.05, 3.63) is 75.8 Å². The van der Waals surface area contributed by atoms with Gasteiger partial charge in [-0.05, 0) is 23.3 Å². The molecule has 2 N–H and O–H groups in total. The largest absolute Gasteiger partial charge is 0.462 e. The summed E-state index contributed by atoms with van der Waals surface area (Å²) in [5.74, 6) is -1.47. The van der Waals surface area contributed by atoms with Crippen LogP contribution in [0.1, 0.15) is 17.5 Å². The topological polar surface area (TPSA) is 165 Å². The third-order valence-electron chi connectivity index (χ3n) is 4.46. The molecular weight excluding hydrogens is 468 g/mol. The van der Waals surface area contributed by atoms with E-state index in [2.05, 4.69) is 4.84 Å². The molecular formula is C22H24N2O9S. The van der Waals surface area contributed by atoms with E-state index in [1.54, 1.807) is 30.3 Å². The number of ether oxygens (including phenoxy) is 2. The number of carbonyl (C=O) groups excluding carboxylic acids is 2. The van der Waals surface area contributed by atoms with E-state index in [9.17, 15) is 28.1 Å². The highest BCUT2D eigenvalue weighted by Gasteiger charge is 2.22. The number of nitrogens with two attached hydrogens (primary N) is 1. The van der Waals surface area contributed by atoms with Crippen LogP contribution in [-0.4, -0.2) is 58.1 Å². The van der Waals surface area contributed by atoms with Crippen molar-refractivity contribution in [1.29, 1.82) is 0 Å². The van der Waals surface area contributed by atoms with Crippen molar-refractivity contribution in [2.24, 2.45) is 5.73 Å². The van der Waals surface area contributed by atoms with Gasteiger partial charge in [-0.25, -0.2) is 13.2 Å². The number of rotatable bonds is 12. The Kier molecular flexibility index (Phi) is 9.71. The third-order valence-corrected chi connectivity index (χ3v) is 5.59. The van der Waals surface area contributed by atoms with E-state index < -0.39 is 26.9 Å². The number of hydrogen-bond acceptors (Lipinski definition) is 10. The summed E-state index contributed by atoms with van der Waals surface area (Å²) >= 11 is 0. The van der Waals surface area contributed by atoms with Gasteiger partial charge in [0.25, 0.3) is 5.09 Å². The van der Waals surface area contributed by atoms with Crippen LogP contribution in [0.3, 0.4) is 0 Å². The summed E-state index contributed by atoms with van der Waals surface area (Å²) < 4.78 is 34.1. The Balaban J connectivity index is 2.49. The SMILES string of the molecule is CS(=O)(=O)c1ccc(/C(COC(=O)CN)=C(/C(=O)OCCCO[N+](=O)[O-])c2ccccc2)cc1. The van der Waals surface area contributed by atoms with E-state index >= 15 is 0 Å². The second-order valence-corrected chi connectivity index (χ2v) is 8.94. The molecule has 2 aromatic rings. The summed E-state index contributed by atoms with van der Waals surface area (Å²) in [6, 6.07) is 14.2. The average molecular weight is 493 g/mol. The standard InChI is InChI=1S/C22H24N2O9S/c1-34(29,30)18-10-8-16(9-11-18)19(15-32-20(25)14-23)21(17-6-3-2-4-7-17)22(26)31-12-5-13-33-24(27)28/h2-4,6-11H,5,12-15,23H2,1H3/b21-19+. The molecule has 0 heterocycles. The van der Waals surface area contributed by atoms with Crippen LogP contribution >= 0.6 is 0 Å². The molecule has 0 spiro atoms. The van der Waals surface area contributed by atoms with Gasteiger partial charge in [-0.15, -0.1) is 10.1 Å². The molecule has 0 bridgehead atoms. The Hall–Kier alpha value is -3.77. The Labute approximate surface area is 196 Å². The second-order valence-electron chi connectivity index (χ2n) is 6.93. The smallest absolute Gasteiger partial charge is 0.339 e. The maximum Gasteiger partial charge on any atom is 0.339 e. The number of hydrogen-bond donors (Lipinski definition) is 1. The van der Waals surface area contributed by atoms with Crippen LogP contribution in [0.2, 0.25) is 0 Å². The average Bonchev–Trinajstić information content (AvgIpc) is 2.81. The van der Waals surface area contributed by atoms with Gasteiger partial charge in [0, 0.05) is 18.2 Å². The van der Waals surface area contributed by atoms with Gasteiger partial charge in [0.2, 0.25) is 0 Å². The Morgan fingerprint density at radius 2 is 1.62 bits per heavy atom. The molecule has 0 saturated heterocycles. The van der Waals surface area contributed by atoms with Crippen LogP contribution in [0.4, 0.5) is 0 Å². The molecule has 0 aliphatic rings. The van der Waals surface area contributed by atoms with Crippen molar-refractivity contribution in [3.8, 4) is 0 Å². The van der Waals surface area contributed by atoms with Crippen LogP contribution in [-0.2, 0) is 33.7 Å². The molecule has 0 amide bonds. The lowest BCUT2D eigenvalue weighted by Crippen LogP contribution is -2.19. The fourth-order valence-corrected chi connectivity index (χ4v) is 3.50. The minimum absolute atomic E-state index is 0.0733. The van der Waals surface area contributed by atoms with Crippen molar-refractivity contribution in [2.45, 2.75) is 11.3 Å². The van der Waals surface area contributed by atoms with E-state index in [1.165, 1.54) is 24.3 Å². The van der Waals surface area contributed by atoms with E-state index in [4.69, 9.17) is 15.2 Å². The summed E-state index contributed by atoms with van der Waals surface area (Å²) in [7, 11) is -3.46. The first kappa shape index (κ1) is 26.5. The number of nitrogens with zero attached hydrogens (tertiary/aromatic N) is 1. The van der Waals surface area contributed by atoms with E-state index in [1.807, 2.05) is 0 Å². The van der Waals surface area contributed by atoms with Gasteiger partial charge in [-0.3, -0.25) is 4.79 Å². The summed E-state index contributed by atoms with van der Waals surface area (Å²) in [5.41, 5.74) is 6.54. The predicted octanol–water partition coefficient (Wildman–Crippen LogP) is 1.64. The quantitative estimate of drug-likeness (QED) is 0.115. The lowest BCUT2D eigenvalue weighted by molar-refractivity contribution is -0.757. The first-order valence-corrected chi connectivity index (χ1v) is 11.9. The molecule has 0 aliphatic carbocycles. The maximum atomic E-state index is 13.1. The van der Waals surface area contributed by atoms with Crippen molar-refractivity contribution in [3.63, 3.8) is 0 Å². The Morgan fingerprint density at radius 3 is 2.18 bits per heavy atom. The highest BCUT2D eigenvalue weighted by molar-refractivity contribution is 7.90. The zero-order chi connectivity index (χ0) is 25.1. The first-order valence-electron chi connectivity index (χ1n) is 10.0. The number of benzene rings is 2. The molecule has 0 atom stereocenters. The van der Waals surface area contributed by atoms with Crippen LogP contribution in [0.25, 0.3) is 11.1 Å². The molecule has 0 fully saturated rings. The van der Waals surface area contributed by atoms with Gasteiger partial charge in [-0.2, -0.15) is 0 Å². The summed E-state index contributed by atoms with van der Waals surface area (Å²) in [4.78, 5) is 39.3. The Bertz CT molecular complexity index is 1140. The lowest BCUT2D eigenvalue weighted by atomic mass is 9.95. The fourth-order valence-electron chi connectivity index (χ4n) is 2.87. The third kappa shape index (κ3) is 7.98. The van der Waals surface area contributed by atoms with Crippen molar-refractivity contribution in [1.82, 2.24) is 0 Å². The molecule has 0 radical (unpaired) electrons. The van der Waals surface area contributed by atoms with Gasteiger partial charge in [0.05, 0.1) is 30.2 Å². The second kappa shape index (κ2) is 12.5. The summed E-state index contributed by atoms with van der Waals surface area (Å²) in [5, 5.41) is 9.31. The van der Waals surface area contributed by atoms with Gasteiger partial charge < -0.3 is 20.0 Å². The molecule has 11 nitrogen and oxygen atoms in total. The normalized spacial score (nSPS) is 11.8. The van der Waals surface area contributed by atoms with Crippen LogP contribution in [0.15, 0.2) is 59.5 Å². The lowest BCUT2D eigenvalue weighted by Gasteiger charge is -2.16. The molecule has 0 aromatic heterocycles. The molecule has 0 unspecified atom stereocenters. The number of esters is 2. The van der Waals surface area contributed by atoms with Crippen LogP contribution in [0, 0.1) is 10.1 Å². The number of carbonyl (C=O) groups is 2. The van der Waals surface area contributed by atoms with Gasteiger partial charge in [0.15, 0.2) is 9.84 Å². The summed E-state index contributed by atoms with van der Waals surface area (Å²) in [6.45, 7) is -1.12. The van der Waals surface area contributed by atoms with Crippen molar-refractivity contribution in [2.75, 3.05) is 32.6 Å². The monoisotopic (exact) mass is 492 g/mol. The van der Waals surface area contributed by atoms with Crippen molar-refractivity contribution < 1.29 is 37.4 Å². The van der Waals surface area contributed by atoms with Crippen molar-refractivity contribution >= 4 is 32.9 Å². The van der Waals surface area contributed by atoms with Gasteiger partial charge in [-0.1, -0.05) is 42.5 Å². The highest BCUT2D eigenvalue weighted by atomic mass is 32.2. The van der Waals surface area contributed by atoms with E-state index in [-0.39, 0.29) is 48.8 Å². The molecule has 34 heavy (non-hydrogen) atoms.